The van der Waals surface area contributed by atoms with Gasteiger partial charge in [0.25, 0.3) is 0 Å². The number of aryl methyl sites for hydroxylation is 1. The maximum atomic E-state index is 12.7. The third-order valence-corrected chi connectivity index (χ3v) is 4.42. The van der Waals surface area contributed by atoms with Crippen molar-refractivity contribution in [2.75, 3.05) is 13.1 Å². The Morgan fingerprint density at radius 1 is 1.27 bits per heavy atom. The number of nitrogens with one attached hydrogen (secondary N) is 2. The number of halogens is 1. The van der Waals surface area contributed by atoms with Crippen molar-refractivity contribution in [1.29, 1.82) is 0 Å². The summed E-state index contributed by atoms with van der Waals surface area (Å²) in [6.07, 6.45) is 1.43. The van der Waals surface area contributed by atoms with Crippen LogP contribution < -0.4 is 16.4 Å². The van der Waals surface area contributed by atoms with E-state index >= 15 is 0 Å². The number of hydrogen-bond donors (Lipinski definition) is 3. The normalized spacial score (nSPS) is 17.6. The van der Waals surface area contributed by atoms with E-state index in [9.17, 15) is 9.59 Å². The van der Waals surface area contributed by atoms with E-state index in [-0.39, 0.29) is 30.4 Å². The third kappa shape index (κ3) is 6.84. The molecule has 0 saturated carbocycles. The number of amides is 3. The summed E-state index contributed by atoms with van der Waals surface area (Å²) in [6, 6.07) is 7.20. The lowest BCUT2D eigenvalue weighted by Gasteiger charge is -2.25. The van der Waals surface area contributed by atoms with Gasteiger partial charge < -0.3 is 21.3 Å². The van der Waals surface area contributed by atoms with Crippen LogP contribution in [0.4, 0.5) is 4.79 Å². The van der Waals surface area contributed by atoms with Gasteiger partial charge >= 0.3 is 6.03 Å². The largest absolute Gasteiger partial charge is 0.339 e. The lowest BCUT2D eigenvalue weighted by molar-refractivity contribution is -0.132. The van der Waals surface area contributed by atoms with Gasteiger partial charge in [-0.2, -0.15) is 0 Å². The molecule has 1 aromatic rings. The van der Waals surface area contributed by atoms with E-state index in [2.05, 4.69) is 10.6 Å². The maximum absolute atomic E-state index is 12.7. The van der Waals surface area contributed by atoms with Crippen LogP contribution in [0.5, 0.6) is 0 Å². The van der Waals surface area contributed by atoms with Crippen molar-refractivity contribution < 1.29 is 9.59 Å². The highest BCUT2D eigenvalue weighted by Gasteiger charge is 2.30. The molecule has 0 aromatic heterocycles. The molecule has 2 atom stereocenters. The Hall–Kier alpha value is -1.79. The first-order chi connectivity index (χ1) is 11.8. The quantitative estimate of drug-likeness (QED) is 0.704. The first kappa shape index (κ1) is 22.3. The van der Waals surface area contributed by atoms with Crippen molar-refractivity contribution in [1.82, 2.24) is 15.5 Å². The predicted octanol–water partition coefficient (Wildman–Crippen LogP) is 2.19. The predicted molar refractivity (Wildman–Crippen MR) is 106 cm³/mol. The van der Waals surface area contributed by atoms with E-state index in [0.29, 0.717) is 32.0 Å². The third-order valence-electron chi connectivity index (χ3n) is 4.42. The van der Waals surface area contributed by atoms with Gasteiger partial charge in [0.15, 0.2) is 0 Å². The zero-order valence-corrected chi connectivity index (χ0v) is 16.6. The Morgan fingerprint density at radius 2 is 1.92 bits per heavy atom. The van der Waals surface area contributed by atoms with Gasteiger partial charge in [0.1, 0.15) is 6.04 Å². The van der Waals surface area contributed by atoms with E-state index in [1.165, 1.54) is 5.56 Å². The first-order valence-corrected chi connectivity index (χ1v) is 8.99. The van der Waals surface area contributed by atoms with Crippen LogP contribution in [0.15, 0.2) is 24.3 Å². The van der Waals surface area contributed by atoms with Crippen LogP contribution in [0.1, 0.15) is 37.8 Å². The number of likely N-dealkylation sites (tertiary alicyclic amines) is 1. The van der Waals surface area contributed by atoms with Crippen LogP contribution in [0.2, 0.25) is 0 Å². The van der Waals surface area contributed by atoms with Gasteiger partial charge in [-0.3, -0.25) is 4.79 Å². The van der Waals surface area contributed by atoms with Gasteiger partial charge in [0.05, 0.1) is 0 Å². The Kier molecular flexibility index (Phi) is 8.88. The van der Waals surface area contributed by atoms with E-state index in [1.54, 1.807) is 4.90 Å². The molecule has 0 bridgehead atoms. The van der Waals surface area contributed by atoms with E-state index < -0.39 is 6.04 Å². The molecule has 1 saturated heterocycles. The number of rotatable bonds is 6. The lowest BCUT2D eigenvalue weighted by atomic mass is 10.0. The summed E-state index contributed by atoms with van der Waals surface area (Å²) in [5.74, 6) is 0.273. The molecule has 26 heavy (non-hydrogen) atoms. The van der Waals surface area contributed by atoms with Gasteiger partial charge in [-0.15, -0.1) is 12.4 Å². The zero-order chi connectivity index (χ0) is 18.4. The molecule has 2 rings (SSSR count). The van der Waals surface area contributed by atoms with Gasteiger partial charge in [-0.25, -0.2) is 4.79 Å². The first-order valence-electron chi connectivity index (χ1n) is 8.99. The summed E-state index contributed by atoms with van der Waals surface area (Å²) in [6.45, 7) is 7.78. The van der Waals surface area contributed by atoms with Gasteiger partial charge in [0.2, 0.25) is 5.91 Å². The van der Waals surface area contributed by atoms with E-state index in [4.69, 9.17) is 5.73 Å². The molecular weight excluding hydrogens is 352 g/mol. The molecule has 146 valence electrons. The Morgan fingerprint density at radius 3 is 2.46 bits per heavy atom. The Labute approximate surface area is 162 Å². The second-order valence-corrected chi connectivity index (χ2v) is 7.33. The fraction of sp³-hybridized carbons (Fsp3) is 0.579. The van der Waals surface area contributed by atoms with Crippen molar-refractivity contribution in [2.24, 2.45) is 11.7 Å². The summed E-state index contributed by atoms with van der Waals surface area (Å²) >= 11 is 0. The molecule has 7 heteroatoms. The molecule has 1 unspecified atom stereocenters. The van der Waals surface area contributed by atoms with Crippen LogP contribution in [-0.2, 0) is 11.3 Å². The topological polar surface area (TPSA) is 87.5 Å². The molecule has 1 fully saturated rings. The van der Waals surface area contributed by atoms with Gasteiger partial charge in [0, 0.05) is 25.7 Å². The Bertz CT molecular complexity index is 592. The minimum absolute atomic E-state index is 0. The van der Waals surface area contributed by atoms with Crippen molar-refractivity contribution >= 4 is 24.3 Å². The molecule has 0 spiro atoms. The fourth-order valence-corrected chi connectivity index (χ4v) is 3.00. The standard InChI is InChI=1S/C19H30N4O2.ClH/c1-13(2)10-17(18(24)23-9-8-16(20)12-23)22-19(25)21-11-15-6-4-14(3)5-7-15;/h4-7,13,16-17H,8-12,20H2,1-3H3,(H2,21,22,25);1H/t16-,17?;/m1./s1. The van der Waals surface area contributed by atoms with Crippen LogP contribution >= 0.6 is 12.4 Å². The molecule has 1 aliphatic rings. The number of urea groups is 1. The van der Waals surface area contributed by atoms with Crippen molar-refractivity contribution in [3.63, 3.8) is 0 Å². The molecule has 6 nitrogen and oxygen atoms in total. The highest BCUT2D eigenvalue weighted by molar-refractivity contribution is 5.87. The number of hydrogen-bond acceptors (Lipinski definition) is 3. The van der Waals surface area contributed by atoms with Crippen LogP contribution in [0.25, 0.3) is 0 Å². The maximum Gasteiger partial charge on any atom is 0.315 e. The van der Waals surface area contributed by atoms with Crippen molar-refractivity contribution in [2.45, 2.75) is 52.2 Å². The number of carbonyl (C=O) groups is 2. The molecule has 1 aromatic carbocycles. The summed E-state index contributed by atoms with van der Waals surface area (Å²) in [7, 11) is 0. The van der Waals surface area contributed by atoms with Crippen LogP contribution in [-0.4, -0.2) is 42.0 Å². The smallest absolute Gasteiger partial charge is 0.315 e. The average molecular weight is 383 g/mol. The SMILES string of the molecule is Cc1ccc(CNC(=O)NC(CC(C)C)C(=O)N2CC[C@@H](N)C2)cc1.Cl. The van der Waals surface area contributed by atoms with Gasteiger partial charge in [-0.05, 0) is 31.2 Å². The van der Waals surface area contributed by atoms with Gasteiger partial charge in [-0.1, -0.05) is 43.7 Å². The minimum atomic E-state index is -0.511. The molecule has 0 radical (unpaired) electrons. The second-order valence-electron chi connectivity index (χ2n) is 7.33. The van der Waals surface area contributed by atoms with Crippen LogP contribution in [0.3, 0.4) is 0 Å². The molecule has 3 amide bonds. The summed E-state index contributed by atoms with van der Waals surface area (Å²) in [5, 5.41) is 5.67. The summed E-state index contributed by atoms with van der Waals surface area (Å²) in [5.41, 5.74) is 8.10. The van der Waals surface area contributed by atoms with E-state index in [0.717, 1.165) is 12.0 Å². The molecular formula is C19H31ClN4O2. The summed E-state index contributed by atoms with van der Waals surface area (Å²) < 4.78 is 0. The lowest BCUT2D eigenvalue weighted by Crippen LogP contribution is -2.51. The average Bonchev–Trinajstić information content (AvgIpc) is 2.99. The molecule has 1 aliphatic heterocycles. The number of nitrogens with two attached hydrogens (primary N) is 1. The number of carbonyl (C=O) groups excluding carboxylic acids is 2. The fourth-order valence-electron chi connectivity index (χ4n) is 3.00. The number of benzene rings is 1. The van der Waals surface area contributed by atoms with Crippen molar-refractivity contribution in [3.05, 3.63) is 35.4 Å². The van der Waals surface area contributed by atoms with Crippen molar-refractivity contribution in [3.8, 4) is 0 Å². The second kappa shape index (κ2) is 10.4. The minimum Gasteiger partial charge on any atom is -0.339 e. The molecule has 1 heterocycles. The summed E-state index contributed by atoms with van der Waals surface area (Å²) in [4.78, 5) is 26.7. The monoisotopic (exact) mass is 382 g/mol. The molecule has 4 N–H and O–H groups in total. The van der Waals surface area contributed by atoms with Crippen LogP contribution in [0, 0.1) is 12.8 Å². The number of nitrogens with zero attached hydrogens (tertiary/aromatic N) is 1. The Balaban J connectivity index is 0.00000338. The molecule has 0 aliphatic carbocycles. The highest BCUT2D eigenvalue weighted by atomic mass is 35.5. The zero-order valence-electron chi connectivity index (χ0n) is 15.8. The highest BCUT2D eigenvalue weighted by Crippen LogP contribution is 2.13. The van der Waals surface area contributed by atoms with E-state index in [1.807, 2.05) is 45.0 Å².